The van der Waals surface area contributed by atoms with Crippen LogP contribution in [0.5, 0.6) is 0 Å². The van der Waals surface area contributed by atoms with Gasteiger partial charge in [0.1, 0.15) is 0 Å². The molecule has 4 rings (SSSR count). The smallest absolute Gasteiger partial charge is 0.0855 e. The highest BCUT2D eigenvalue weighted by Crippen LogP contribution is 2.70. The molecule has 0 amide bonds. The minimum absolute atomic E-state index is 0.0532. The topological polar surface area (TPSA) is 60.7 Å². The van der Waals surface area contributed by atoms with Crippen molar-refractivity contribution in [2.75, 3.05) is 0 Å². The molecule has 0 aromatic rings. The standard InChI is InChI=1S/C19H30Br2O3/c1-17-5-4-12-11(13(17)8-14(23)16(17)24)7-15(20)19(21)9-10(22)3-6-18(12,19)2/h10-16,22-24H,3-9H2,1-2H3/t10-,11?,12?,13?,14+,15?,16-,17?,18?,19?/m0/s1. The molecule has 3 nitrogen and oxygen atoms in total. The summed E-state index contributed by atoms with van der Waals surface area (Å²) in [5.74, 6) is 1.56. The number of halogens is 2. The average molecular weight is 466 g/mol. The minimum atomic E-state index is -0.575. The maximum Gasteiger partial charge on any atom is 0.0855 e. The SMILES string of the molecule is CC12CCC3C(CC(Br)C4(Br)C[C@@H](O)CCC34C)C1C[C@@H](O)[C@@H]2O. The predicted octanol–water partition coefficient (Wildman–Crippen LogP) is 3.61. The molecule has 10 atom stereocenters. The Bertz CT molecular complexity index is 531. The number of hydrogen-bond donors (Lipinski definition) is 3. The number of fused-ring (bicyclic) bond motifs is 5. The molecular formula is C19H30Br2O3. The molecule has 24 heavy (non-hydrogen) atoms. The van der Waals surface area contributed by atoms with Gasteiger partial charge in [-0.3, -0.25) is 0 Å². The summed E-state index contributed by atoms with van der Waals surface area (Å²) in [6.45, 7) is 4.62. The van der Waals surface area contributed by atoms with Gasteiger partial charge in [0.05, 0.1) is 18.3 Å². The largest absolute Gasteiger partial charge is 0.393 e. The molecule has 0 aliphatic heterocycles. The first-order valence-electron chi connectivity index (χ1n) is 9.50. The Kier molecular flexibility index (Phi) is 4.30. The zero-order valence-electron chi connectivity index (χ0n) is 14.6. The van der Waals surface area contributed by atoms with Gasteiger partial charge in [0.25, 0.3) is 0 Å². The van der Waals surface area contributed by atoms with Gasteiger partial charge < -0.3 is 15.3 Å². The fourth-order valence-corrected chi connectivity index (χ4v) is 9.35. The van der Waals surface area contributed by atoms with Crippen molar-refractivity contribution in [2.45, 2.75) is 86.3 Å². The summed E-state index contributed by atoms with van der Waals surface area (Å²) in [6.07, 6.45) is 5.35. The van der Waals surface area contributed by atoms with Gasteiger partial charge in [0, 0.05) is 9.15 Å². The molecule has 4 fully saturated rings. The molecule has 0 aromatic heterocycles. The summed E-state index contributed by atoms with van der Waals surface area (Å²) in [4.78, 5) is 0.323. The lowest BCUT2D eigenvalue weighted by Gasteiger charge is -2.65. The van der Waals surface area contributed by atoms with Crippen LogP contribution in [-0.2, 0) is 0 Å². The number of rotatable bonds is 0. The van der Waals surface area contributed by atoms with Gasteiger partial charge in [-0.15, -0.1) is 0 Å². The van der Waals surface area contributed by atoms with Crippen LogP contribution in [0.2, 0.25) is 0 Å². The van der Waals surface area contributed by atoms with Crippen LogP contribution in [0.1, 0.15) is 58.8 Å². The molecule has 0 heterocycles. The van der Waals surface area contributed by atoms with E-state index in [-0.39, 0.29) is 21.3 Å². The lowest BCUT2D eigenvalue weighted by Crippen LogP contribution is -2.64. The molecule has 4 saturated carbocycles. The first kappa shape index (κ1) is 18.2. The van der Waals surface area contributed by atoms with Crippen LogP contribution in [0.3, 0.4) is 0 Å². The van der Waals surface area contributed by atoms with Crippen LogP contribution >= 0.6 is 31.9 Å². The Balaban J connectivity index is 1.71. The fraction of sp³-hybridized carbons (Fsp3) is 1.00. The van der Waals surface area contributed by atoms with Crippen molar-refractivity contribution in [1.82, 2.24) is 0 Å². The van der Waals surface area contributed by atoms with Gasteiger partial charge in [-0.1, -0.05) is 45.7 Å². The van der Waals surface area contributed by atoms with E-state index in [0.29, 0.717) is 22.6 Å². The minimum Gasteiger partial charge on any atom is -0.393 e. The molecule has 5 heteroatoms. The van der Waals surface area contributed by atoms with Crippen LogP contribution in [0.15, 0.2) is 0 Å². The van der Waals surface area contributed by atoms with Crippen molar-refractivity contribution in [3.63, 3.8) is 0 Å². The molecule has 0 bridgehead atoms. The van der Waals surface area contributed by atoms with Crippen LogP contribution in [0.25, 0.3) is 0 Å². The maximum atomic E-state index is 10.6. The third kappa shape index (κ3) is 2.17. The molecule has 0 aromatic carbocycles. The zero-order valence-corrected chi connectivity index (χ0v) is 17.8. The summed E-state index contributed by atoms with van der Waals surface area (Å²) in [5, 5.41) is 31.2. The molecule has 7 unspecified atom stereocenters. The number of hydrogen-bond acceptors (Lipinski definition) is 3. The van der Waals surface area contributed by atoms with E-state index in [1.165, 1.54) is 0 Å². The van der Waals surface area contributed by atoms with Crippen LogP contribution in [0.4, 0.5) is 0 Å². The Morgan fingerprint density at radius 2 is 1.67 bits per heavy atom. The second kappa shape index (κ2) is 5.67. The quantitative estimate of drug-likeness (QED) is 0.479. The van der Waals surface area contributed by atoms with E-state index in [1.54, 1.807) is 0 Å². The second-order valence-corrected chi connectivity index (χ2v) is 12.1. The highest BCUT2D eigenvalue weighted by molar-refractivity contribution is 9.12. The van der Waals surface area contributed by atoms with E-state index in [0.717, 1.165) is 44.9 Å². The second-order valence-electron chi connectivity index (χ2n) is 9.55. The van der Waals surface area contributed by atoms with Gasteiger partial charge >= 0.3 is 0 Å². The van der Waals surface area contributed by atoms with E-state index in [9.17, 15) is 15.3 Å². The summed E-state index contributed by atoms with van der Waals surface area (Å²) in [6, 6.07) is 0. The monoisotopic (exact) mass is 464 g/mol. The van der Waals surface area contributed by atoms with Crippen molar-refractivity contribution in [1.29, 1.82) is 0 Å². The predicted molar refractivity (Wildman–Crippen MR) is 101 cm³/mol. The molecule has 3 N–H and O–H groups in total. The first-order valence-corrected chi connectivity index (χ1v) is 11.2. The molecule has 0 spiro atoms. The summed E-state index contributed by atoms with van der Waals surface area (Å²) < 4.78 is -0.0532. The molecule has 0 saturated heterocycles. The summed E-state index contributed by atoms with van der Waals surface area (Å²) >= 11 is 8.07. The van der Waals surface area contributed by atoms with Crippen LogP contribution < -0.4 is 0 Å². The zero-order chi connectivity index (χ0) is 17.5. The van der Waals surface area contributed by atoms with Gasteiger partial charge in [0.15, 0.2) is 0 Å². The molecular weight excluding hydrogens is 436 g/mol. The van der Waals surface area contributed by atoms with E-state index in [2.05, 4.69) is 45.7 Å². The number of alkyl halides is 2. The van der Waals surface area contributed by atoms with Crippen molar-refractivity contribution in [3.05, 3.63) is 0 Å². The maximum absolute atomic E-state index is 10.6. The van der Waals surface area contributed by atoms with Crippen molar-refractivity contribution >= 4 is 31.9 Å². The first-order chi connectivity index (χ1) is 11.1. The summed E-state index contributed by atoms with van der Waals surface area (Å²) in [7, 11) is 0. The number of aliphatic hydroxyl groups excluding tert-OH is 3. The highest BCUT2D eigenvalue weighted by Gasteiger charge is 2.67. The Hall–Kier alpha value is 0.840. The van der Waals surface area contributed by atoms with Crippen molar-refractivity contribution < 1.29 is 15.3 Å². The van der Waals surface area contributed by atoms with Gasteiger partial charge in [-0.05, 0) is 73.5 Å². The van der Waals surface area contributed by atoms with E-state index in [1.807, 2.05) is 0 Å². The average Bonchev–Trinajstić information content (AvgIpc) is 2.75. The van der Waals surface area contributed by atoms with Crippen molar-refractivity contribution in [2.24, 2.45) is 28.6 Å². The normalized spacial score (nSPS) is 63.4. The Labute approximate surface area is 161 Å². The van der Waals surface area contributed by atoms with E-state index in [4.69, 9.17) is 0 Å². The fourth-order valence-electron chi connectivity index (χ4n) is 7.15. The Morgan fingerprint density at radius 3 is 2.38 bits per heavy atom. The number of aliphatic hydroxyl groups is 3. The third-order valence-electron chi connectivity index (χ3n) is 8.68. The van der Waals surface area contributed by atoms with Gasteiger partial charge in [-0.2, -0.15) is 0 Å². The van der Waals surface area contributed by atoms with Crippen LogP contribution in [-0.4, -0.2) is 42.8 Å². The van der Waals surface area contributed by atoms with Gasteiger partial charge in [0.2, 0.25) is 0 Å². The molecule has 4 aliphatic rings. The van der Waals surface area contributed by atoms with Gasteiger partial charge in [-0.25, -0.2) is 0 Å². The highest BCUT2D eigenvalue weighted by atomic mass is 79.9. The van der Waals surface area contributed by atoms with Crippen LogP contribution in [0, 0.1) is 28.6 Å². The lowest BCUT2D eigenvalue weighted by molar-refractivity contribution is -0.120. The third-order valence-corrected chi connectivity index (χ3v) is 12.2. The Morgan fingerprint density at radius 1 is 0.958 bits per heavy atom. The molecule has 0 radical (unpaired) electrons. The van der Waals surface area contributed by atoms with E-state index >= 15 is 0 Å². The molecule has 138 valence electrons. The van der Waals surface area contributed by atoms with E-state index < -0.39 is 12.2 Å². The van der Waals surface area contributed by atoms with Crippen molar-refractivity contribution in [3.8, 4) is 0 Å². The molecule has 4 aliphatic carbocycles. The summed E-state index contributed by atoms with van der Waals surface area (Å²) in [5.41, 5.74) is 0.0211. The lowest BCUT2D eigenvalue weighted by atomic mass is 9.45.